The molecule has 28 heavy (non-hydrogen) atoms. The first-order valence-corrected chi connectivity index (χ1v) is 9.98. The lowest BCUT2D eigenvalue weighted by atomic mass is 10.2. The van der Waals surface area contributed by atoms with E-state index in [2.05, 4.69) is 32.5 Å². The van der Waals surface area contributed by atoms with E-state index in [1.165, 1.54) is 39.1 Å². The maximum absolute atomic E-state index is 5.97. The van der Waals surface area contributed by atoms with Crippen LogP contribution >= 0.6 is 24.0 Å². The van der Waals surface area contributed by atoms with Crippen LogP contribution in [0.25, 0.3) is 0 Å². The second-order valence-corrected chi connectivity index (χ2v) is 7.23. The van der Waals surface area contributed by atoms with Crippen molar-refractivity contribution in [2.45, 2.75) is 18.9 Å². The Bertz CT molecular complexity index is 608. The smallest absolute Gasteiger partial charge is 0.191 e. The van der Waals surface area contributed by atoms with Crippen LogP contribution in [0.3, 0.4) is 0 Å². The minimum absolute atomic E-state index is 0. The number of piperazine rings is 1. The van der Waals surface area contributed by atoms with Gasteiger partial charge in [0.2, 0.25) is 0 Å². The SMILES string of the molecule is CN=C(NCCCCN1CCN(C)CC1)NCC1COc2ccccc2O1.I. The third-order valence-corrected chi connectivity index (χ3v) is 5.08. The fraction of sp³-hybridized carbons (Fsp3) is 0.650. The van der Waals surface area contributed by atoms with Crippen molar-refractivity contribution in [3.8, 4) is 11.5 Å². The normalized spacial score (nSPS) is 20.4. The van der Waals surface area contributed by atoms with Gasteiger partial charge in [0.15, 0.2) is 17.5 Å². The zero-order chi connectivity index (χ0) is 18.9. The van der Waals surface area contributed by atoms with Gasteiger partial charge in [-0.15, -0.1) is 24.0 Å². The number of rotatable bonds is 7. The van der Waals surface area contributed by atoms with Crippen LogP contribution in [-0.2, 0) is 0 Å². The molecule has 8 heteroatoms. The maximum atomic E-state index is 5.97. The molecule has 0 aliphatic carbocycles. The molecule has 1 aromatic carbocycles. The molecule has 2 aliphatic heterocycles. The fourth-order valence-corrected chi connectivity index (χ4v) is 3.33. The lowest BCUT2D eigenvalue weighted by Gasteiger charge is -2.32. The molecule has 1 aromatic rings. The van der Waals surface area contributed by atoms with E-state index in [1.807, 2.05) is 24.3 Å². The van der Waals surface area contributed by atoms with E-state index in [1.54, 1.807) is 7.05 Å². The molecule has 3 rings (SSSR count). The summed E-state index contributed by atoms with van der Waals surface area (Å²) in [4.78, 5) is 9.25. The highest BCUT2D eigenvalue weighted by Crippen LogP contribution is 2.30. The molecule has 7 nitrogen and oxygen atoms in total. The number of unbranched alkanes of at least 4 members (excludes halogenated alkanes) is 1. The van der Waals surface area contributed by atoms with Gasteiger partial charge in [-0.05, 0) is 38.6 Å². The molecular formula is C20H34IN5O2. The first kappa shape index (κ1) is 23.0. The molecule has 1 atom stereocenters. The molecule has 0 saturated carbocycles. The fourth-order valence-electron chi connectivity index (χ4n) is 3.33. The lowest BCUT2D eigenvalue weighted by Crippen LogP contribution is -2.46. The minimum atomic E-state index is -0.0179. The molecule has 0 bridgehead atoms. The summed E-state index contributed by atoms with van der Waals surface area (Å²) in [6, 6.07) is 7.79. The minimum Gasteiger partial charge on any atom is -0.486 e. The van der Waals surface area contributed by atoms with Crippen LogP contribution in [0.15, 0.2) is 29.3 Å². The predicted molar refractivity (Wildman–Crippen MR) is 124 cm³/mol. The van der Waals surface area contributed by atoms with Crippen LogP contribution in [-0.4, -0.2) is 88.4 Å². The Labute approximate surface area is 185 Å². The van der Waals surface area contributed by atoms with Gasteiger partial charge in [-0.2, -0.15) is 0 Å². The number of nitrogens with one attached hydrogen (secondary N) is 2. The molecule has 0 aromatic heterocycles. The molecule has 2 N–H and O–H groups in total. The summed E-state index contributed by atoms with van der Waals surface area (Å²) in [6.45, 7) is 8.09. The van der Waals surface area contributed by atoms with Gasteiger partial charge >= 0.3 is 0 Å². The van der Waals surface area contributed by atoms with Crippen LogP contribution in [0.2, 0.25) is 0 Å². The van der Waals surface area contributed by atoms with E-state index in [9.17, 15) is 0 Å². The summed E-state index contributed by atoms with van der Waals surface area (Å²) >= 11 is 0. The Kier molecular flexibility index (Phi) is 10.1. The highest BCUT2D eigenvalue weighted by atomic mass is 127. The lowest BCUT2D eigenvalue weighted by molar-refractivity contribution is 0.0936. The van der Waals surface area contributed by atoms with Crippen molar-refractivity contribution in [3.63, 3.8) is 0 Å². The molecule has 1 unspecified atom stereocenters. The molecule has 0 spiro atoms. The van der Waals surface area contributed by atoms with E-state index in [4.69, 9.17) is 9.47 Å². The largest absolute Gasteiger partial charge is 0.486 e. The molecule has 2 heterocycles. The van der Waals surface area contributed by atoms with E-state index < -0.39 is 0 Å². The number of nitrogens with zero attached hydrogens (tertiary/aromatic N) is 3. The number of guanidine groups is 1. The quantitative estimate of drug-likeness (QED) is 0.256. The van der Waals surface area contributed by atoms with Crippen molar-refractivity contribution in [1.82, 2.24) is 20.4 Å². The third kappa shape index (κ3) is 7.29. The van der Waals surface area contributed by atoms with Crippen molar-refractivity contribution in [1.29, 1.82) is 0 Å². The molecule has 0 radical (unpaired) electrons. The van der Waals surface area contributed by atoms with Crippen LogP contribution in [0.4, 0.5) is 0 Å². The van der Waals surface area contributed by atoms with Crippen molar-refractivity contribution >= 4 is 29.9 Å². The summed E-state index contributed by atoms with van der Waals surface area (Å²) < 4.78 is 11.7. The van der Waals surface area contributed by atoms with E-state index in [0.717, 1.165) is 30.4 Å². The van der Waals surface area contributed by atoms with Gasteiger partial charge in [0, 0.05) is 39.8 Å². The summed E-state index contributed by atoms with van der Waals surface area (Å²) in [5.41, 5.74) is 0. The first-order valence-electron chi connectivity index (χ1n) is 9.98. The average Bonchev–Trinajstić information content (AvgIpc) is 2.71. The van der Waals surface area contributed by atoms with E-state index >= 15 is 0 Å². The number of ether oxygens (including phenoxy) is 2. The number of fused-ring (bicyclic) bond motifs is 1. The van der Waals surface area contributed by atoms with Crippen molar-refractivity contribution < 1.29 is 9.47 Å². The number of hydrogen-bond acceptors (Lipinski definition) is 5. The number of halogens is 1. The molecular weight excluding hydrogens is 469 g/mol. The van der Waals surface area contributed by atoms with Gasteiger partial charge in [0.1, 0.15) is 12.7 Å². The van der Waals surface area contributed by atoms with E-state index in [-0.39, 0.29) is 30.1 Å². The summed E-state index contributed by atoms with van der Waals surface area (Å²) in [5.74, 6) is 2.44. The highest BCUT2D eigenvalue weighted by molar-refractivity contribution is 14.0. The standard InChI is InChI=1S/C20H33N5O2.HI/c1-21-20(22-9-5-6-10-25-13-11-24(2)12-14-25)23-15-17-16-26-18-7-3-4-8-19(18)27-17;/h3-4,7-8,17H,5-6,9-16H2,1-2H3,(H2,21,22,23);1H. The number of aliphatic imine (C=N–C) groups is 1. The Balaban J connectivity index is 0.00000280. The Morgan fingerprint density at radius 3 is 2.61 bits per heavy atom. The first-order chi connectivity index (χ1) is 13.2. The second-order valence-electron chi connectivity index (χ2n) is 7.23. The van der Waals surface area contributed by atoms with Gasteiger partial charge in [-0.3, -0.25) is 4.99 Å². The summed E-state index contributed by atoms with van der Waals surface area (Å²) in [5, 5.41) is 6.72. The topological polar surface area (TPSA) is 61.4 Å². The zero-order valence-electron chi connectivity index (χ0n) is 17.0. The monoisotopic (exact) mass is 503 g/mol. The predicted octanol–water partition coefficient (Wildman–Crippen LogP) is 1.64. The Morgan fingerprint density at radius 2 is 1.86 bits per heavy atom. The molecule has 2 aliphatic rings. The van der Waals surface area contributed by atoms with Gasteiger partial charge in [-0.1, -0.05) is 12.1 Å². The van der Waals surface area contributed by atoms with Crippen molar-refractivity contribution in [2.75, 3.05) is 66.5 Å². The van der Waals surface area contributed by atoms with Gasteiger partial charge in [-0.25, -0.2) is 0 Å². The third-order valence-electron chi connectivity index (χ3n) is 5.08. The second kappa shape index (κ2) is 12.3. The van der Waals surface area contributed by atoms with Crippen molar-refractivity contribution in [3.05, 3.63) is 24.3 Å². The van der Waals surface area contributed by atoms with Gasteiger partial charge in [0.25, 0.3) is 0 Å². The zero-order valence-corrected chi connectivity index (χ0v) is 19.4. The number of hydrogen-bond donors (Lipinski definition) is 2. The summed E-state index contributed by atoms with van der Waals surface area (Å²) in [6.07, 6.45) is 2.34. The number of para-hydroxylation sites is 2. The van der Waals surface area contributed by atoms with Crippen LogP contribution in [0.1, 0.15) is 12.8 Å². The average molecular weight is 503 g/mol. The molecule has 1 fully saturated rings. The Hall–Kier alpha value is -1.26. The van der Waals surface area contributed by atoms with Gasteiger partial charge < -0.3 is 29.9 Å². The van der Waals surface area contributed by atoms with Gasteiger partial charge in [0.05, 0.1) is 6.54 Å². The molecule has 1 saturated heterocycles. The maximum Gasteiger partial charge on any atom is 0.191 e. The Morgan fingerprint density at radius 1 is 1.11 bits per heavy atom. The van der Waals surface area contributed by atoms with Crippen molar-refractivity contribution in [2.24, 2.45) is 4.99 Å². The van der Waals surface area contributed by atoms with Crippen LogP contribution in [0.5, 0.6) is 11.5 Å². The van der Waals surface area contributed by atoms with Crippen LogP contribution < -0.4 is 20.1 Å². The number of benzene rings is 1. The number of likely N-dealkylation sites (N-methyl/N-ethyl adjacent to an activating group) is 1. The molecule has 158 valence electrons. The van der Waals surface area contributed by atoms with E-state index in [0.29, 0.717) is 13.2 Å². The molecule has 0 amide bonds. The highest BCUT2D eigenvalue weighted by Gasteiger charge is 2.20. The van der Waals surface area contributed by atoms with Crippen LogP contribution in [0, 0.1) is 0 Å². The summed E-state index contributed by atoms with van der Waals surface area (Å²) in [7, 11) is 4.00.